The van der Waals surface area contributed by atoms with Gasteiger partial charge in [-0.05, 0) is 49.2 Å². The summed E-state index contributed by atoms with van der Waals surface area (Å²) in [6, 6.07) is 9.77. The van der Waals surface area contributed by atoms with E-state index in [1.165, 1.54) is 35.6 Å². The van der Waals surface area contributed by atoms with Crippen molar-refractivity contribution in [2.45, 2.75) is 18.7 Å². The van der Waals surface area contributed by atoms with Crippen LogP contribution in [0.3, 0.4) is 0 Å². The van der Waals surface area contributed by atoms with Crippen LogP contribution in [-0.2, 0) is 21.7 Å². The number of hydrogen-bond acceptors (Lipinski definition) is 4. The Morgan fingerprint density at radius 2 is 1.73 bits per heavy atom. The molecule has 8 heteroatoms. The second kappa shape index (κ2) is 6.98. The summed E-state index contributed by atoms with van der Waals surface area (Å²) in [5, 5.41) is 0.433. The molecular formula is C18H17ClN2O3S2. The summed E-state index contributed by atoms with van der Waals surface area (Å²) >= 11 is 7.15. The second-order valence-electron chi connectivity index (χ2n) is 6.04. The highest BCUT2D eigenvalue weighted by Crippen LogP contribution is 2.24. The average Bonchev–Trinajstić information content (AvgIpc) is 2.89. The van der Waals surface area contributed by atoms with E-state index in [-0.39, 0.29) is 4.90 Å². The Morgan fingerprint density at radius 1 is 1.12 bits per heavy atom. The molecule has 136 valence electrons. The summed E-state index contributed by atoms with van der Waals surface area (Å²) in [7, 11) is -1.94. The fourth-order valence-corrected chi connectivity index (χ4v) is 5.11. The molecule has 0 unspecified atom stereocenters. The fraction of sp³-hybridized carbons (Fsp3) is 0.222. The van der Waals surface area contributed by atoms with Gasteiger partial charge in [-0.3, -0.25) is 4.79 Å². The summed E-state index contributed by atoms with van der Waals surface area (Å²) in [5.74, 6) is -1.38. The van der Waals surface area contributed by atoms with Gasteiger partial charge >= 0.3 is 0 Å². The topological polar surface area (TPSA) is 68.5 Å². The molecule has 0 N–H and O–H groups in total. The molecule has 2 aromatic carbocycles. The van der Waals surface area contributed by atoms with Crippen molar-refractivity contribution < 1.29 is 13.2 Å². The first kappa shape index (κ1) is 18.8. The van der Waals surface area contributed by atoms with Crippen molar-refractivity contribution in [2.75, 3.05) is 5.75 Å². The number of carbonyl (C=O) groups excluding carboxylic acids is 1. The standard InChI is InChI=1S/C18H17ClN2O3S2/c1-11-4-5-12(2)17-16(11)21(3)18(25-17)20-15(22)10-26(23,24)14-8-6-13(19)7-9-14/h4-9H,10H2,1-3H3. The van der Waals surface area contributed by atoms with Gasteiger partial charge in [0.05, 0.1) is 15.1 Å². The second-order valence-corrected chi connectivity index (χ2v) is 9.44. The van der Waals surface area contributed by atoms with Gasteiger partial charge in [0.25, 0.3) is 5.91 Å². The van der Waals surface area contributed by atoms with E-state index in [1.807, 2.05) is 37.6 Å². The number of nitrogens with zero attached hydrogens (tertiary/aromatic N) is 2. The highest BCUT2D eigenvalue weighted by Gasteiger charge is 2.19. The molecule has 26 heavy (non-hydrogen) atoms. The molecule has 3 rings (SSSR count). The van der Waals surface area contributed by atoms with Crippen molar-refractivity contribution in [2.24, 2.45) is 12.0 Å². The van der Waals surface area contributed by atoms with Crippen molar-refractivity contribution in [3.05, 3.63) is 57.3 Å². The number of halogens is 1. The van der Waals surface area contributed by atoms with Gasteiger partial charge < -0.3 is 4.57 Å². The zero-order valence-corrected chi connectivity index (χ0v) is 16.9. The number of carbonyl (C=O) groups is 1. The van der Waals surface area contributed by atoms with E-state index in [4.69, 9.17) is 11.6 Å². The van der Waals surface area contributed by atoms with Crippen LogP contribution in [0.1, 0.15) is 11.1 Å². The Balaban J connectivity index is 1.98. The molecule has 0 atom stereocenters. The maximum atomic E-state index is 12.4. The van der Waals surface area contributed by atoms with Gasteiger partial charge in [0.2, 0.25) is 0 Å². The van der Waals surface area contributed by atoms with Crippen LogP contribution in [0.25, 0.3) is 10.2 Å². The van der Waals surface area contributed by atoms with Crippen LogP contribution in [0.15, 0.2) is 46.3 Å². The molecule has 5 nitrogen and oxygen atoms in total. The first-order chi connectivity index (χ1) is 12.2. The molecular weight excluding hydrogens is 392 g/mol. The molecule has 0 aliphatic heterocycles. The number of aromatic nitrogens is 1. The molecule has 0 saturated carbocycles. The lowest BCUT2D eigenvalue weighted by Gasteiger charge is -2.02. The SMILES string of the molecule is Cc1ccc(C)c2c1sc(=NC(=O)CS(=O)(=O)c1ccc(Cl)cc1)n2C. The summed E-state index contributed by atoms with van der Waals surface area (Å²) in [5.41, 5.74) is 3.17. The number of rotatable bonds is 3. The largest absolute Gasteiger partial charge is 0.319 e. The Bertz CT molecular complexity index is 1170. The van der Waals surface area contributed by atoms with Crippen LogP contribution in [-0.4, -0.2) is 24.6 Å². The van der Waals surface area contributed by atoms with Gasteiger partial charge in [-0.1, -0.05) is 35.1 Å². The minimum absolute atomic E-state index is 0.0536. The van der Waals surface area contributed by atoms with Gasteiger partial charge in [-0.15, -0.1) is 0 Å². The lowest BCUT2D eigenvalue weighted by atomic mass is 10.1. The number of hydrogen-bond donors (Lipinski definition) is 0. The van der Waals surface area contributed by atoms with E-state index < -0.39 is 21.5 Å². The van der Waals surface area contributed by atoms with Crippen LogP contribution in [0.2, 0.25) is 5.02 Å². The van der Waals surface area contributed by atoms with E-state index in [1.54, 1.807) is 0 Å². The number of amides is 1. The number of fused-ring (bicyclic) bond motifs is 1. The molecule has 3 aromatic rings. The minimum Gasteiger partial charge on any atom is -0.319 e. The molecule has 0 aliphatic carbocycles. The van der Waals surface area contributed by atoms with E-state index in [9.17, 15) is 13.2 Å². The Hall–Kier alpha value is -1.96. The monoisotopic (exact) mass is 408 g/mol. The van der Waals surface area contributed by atoms with E-state index >= 15 is 0 Å². The van der Waals surface area contributed by atoms with Crippen LogP contribution < -0.4 is 4.80 Å². The van der Waals surface area contributed by atoms with Crippen molar-refractivity contribution in [1.29, 1.82) is 0 Å². The van der Waals surface area contributed by atoms with Crippen LogP contribution in [0, 0.1) is 13.8 Å². The van der Waals surface area contributed by atoms with E-state index in [2.05, 4.69) is 4.99 Å². The molecule has 1 aromatic heterocycles. The lowest BCUT2D eigenvalue weighted by Crippen LogP contribution is -2.19. The van der Waals surface area contributed by atoms with Gasteiger partial charge in [-0.25, -0.2) is 8.42 Å². The van der Waals surface area contributed by atoms with Crippen molar-refractivity contribution >= 4 is 48.9 Å². The van der Waals surface area contributed by atoms with Crippen LogP contribution in [0.4, 0.5) is 0 Å². The molecule has 1 amide bonds. The smallest absolute Gasteiger partial charge is 0.263 e. The molecule has 1 heterocycles. The van der Waals surface area contributed by atoms with Crippen LogP contribution in [0.5, 0.6) is 0 Å². The van der Waals surface area contributed by atoms with E-state index in [0.29, 0.717) is 9.82 Å². The maximum Gasteiger partial charge on any atom is 0.263 e. The first-order valence-electron chi connectivity index (χ1n) is 7.80. The van der Waals surface area contributed by atoms with Crippen LogP contribution >= 0.6 is 22.9 Å². The third kappa shape index (κ3) is 3.60. The molecule has 0 bridgehead atoms. The molecule has 0 spiro atoms. The van der Waals surface area contributed by atoms with Crippen molar-refractivity contribution in [3.8, 4) is 0 Å². The van der Waals surface area contributed by atoms with Gasteiger partial charge in [-0.2, -0.15) is 4.99 Å². The Morgan fingerprint density at radius 3 is 2.35 bits per heavy atom. The predicted octanol–water partition coefficient (Wildman–Crippen LogP) is 3.41. The predicted molar refractivity (Wildman–Crippen MR) is 104 cm³/mol. The molecule has 0 radical (unpaired) electrons. The number of aryl methyl sites for hydroxylation is 3. The zero-order chi connectivity index (χ0) is 19.1. The summed E-state index contributed by atoms with van der Waals surface area (Å²) in [6.07, 6.45) is 0. The maximum absolute atomic E-state index is 12.4. The third-order valence-electron chi connectivity index (χ3n) is 4.05. The van der Waals surface area contributed by atoms with Crippen molar-refractivity contribution in [1.82, 2.24) is 4.57 Å². The zero-order valence-electron chi connectivity index (χ0n) is 14.5. The Labute approximate surface area is 160 Å². The van der Waals surface area contributed by atoms with Gasteiger partial charge in [0.1, 0.15) is 5.75 Å². The normalized spacial score (nSPS) is 12.7. The highest BCUT2D eigenvalue weighted by molar-refractivity contribution is 7.92. The number of benzene rings is 2. The quantitative estimate of drug-likeness (QED) is 0.666. The average molecular weight is 409 g/mol. The minimum atomic E-state index is -3.76. The number of thiazole rings is 1. The summed E-state index contributed by atoms with van der Waals surface area (Å²) in [6.45, 7) is 3.99. The third-order valence-corrected chi connectivity index (χ3v) is 7.19. The number of sulfone groups is 1. The molecule has 0 fully saturated rings. The first-order valence-corrected chi connectivity index (χ1v) is 10.7. The highest BCUT2D eigenvalue weighted by atomic mass is 35.5. The Kier molecular flexibility index (Phi) is 5.05. The molecule has 0 aliphatic rings. The fourth-order valence-electron chi connectivity index (χ4n) is 2.70. The summed E-state index contributed by atoms with van der Waals surface area (Å²) < 4.78 is 27.6. The lowest BCUT2D eigenvalue weighted by molar-refractivity contribution is -0.115. The van der Waals surface area contributed by atoms with Gasteiger partial charge in [0, 0.05) is 12.1 Å². The van der Waals surface area contributed by atoms with Gasteiger partial charge in [0.15, 0.2) is 14.6 Å². The summed E-state index contributed by atoms with van der Waals surface area (Å²) in [4.78, 5) is 16.9. The van der Waals surface area contributed by atoms with Crippen molar-refractivity contribution in [3.63, 3.8) is 0 Å². The molecule has 0 saturated heterocycles. The van der Waals surface area contributed by atoms with E-state index in [0.717, 1.165) is 21.3 Å².